The molecule has 5 rings (SSSR count). The van der Waals surface area contributed by atoms with Crippen LogP contribution in [0.1, 0.15) is 49.5 Å². The van der Waals surface area contributed by atoms with Crippen molar-refractivity contribution in [2.75, 3.05) is 13.2 Å². The molecular formula is C23H23NO6. The van der Waals surface area contributed by atoms with Crippen LogP contribution >= 0.6 is 0 Å². The first-order valence-corrected chi connectivity index (χ1v) is 10.4. The molecule has 3 aliphatic rings. The van der Waals surface area contributed by atoms with Crippen molar-refractivity contribution < 1.29 is 28.6 Å². The fourth-order valence-electron chi connectivity index (χ4n) is 4.66. The van der Waals surface area contributed by atoms with Crippen LogP contribution in [0, 0.1) is 0 Å². The van der Waals surface area contributed by atoms with Crippen LogP contribution in [-0.2, 0) is 9.59 Å². The minimum absolute atomic E-state index is 0.0455. The maximum absolute atomic E-state index is 13.1. The van der Waals surface area contributed by atoms with Crippen molar-refractivity contribution in [1.82, 2.24) is 4.90 Å². The normalized spacial score (nSPS) is 23.7. The number of likely N-dealkylation sites (tertiary alicyclic amines) is 1. The van der Waals surface area contributed by atoms with Gasteiger partial charge in [-0.1, -0.05) is 19.3 Å². The molecule has 7 heteroatoms. The molecule has 1 unspecified atom stereocenters. The van der Waals surface area contributed by atoms with Gasteiger partial charge in [-0.05, 0) is 43.2 Å². The second-order valence-corrected chi connectivity index (χ2v) is 7.87. The van der Waals surface area contributed by atoms with E-state index in [1.165, 1.54) is 6.26 Å². The summed E-state index contributed by atoms with van der Waals surface area (Å²) in [4.78, 5) is 27.7. The second kappa shape index (κ2) is 7.55. The molecule has 1 saturated heterocycles. The van der Waals surface area contributed by atoms with Crippen LogP contribution in [0.3, 0.4) is 0 Å². The fourth-order valence-corrected chi connectivity index (χ4v) is 4.66. The van der Waals surface area contributed by atoms with E-state index in [0.717, 1.165) is 32.1 Å². The number of rotatable bonds is 3. The Morgan fingerprint density at radius 2 is 1.77 bits per heavy atom. The van der Waals surface area contributed by atoms with Crippen LogP contribution < -0.4 is 9.47 Å². The van der Waals surface area contributed by atoms with Gasteiger partial charge in [0.05, 0.1) is 11.8 Å². The first-order valence-electron chi connectivity index (χ1n) is 10.4. The van der Waals surface area contributed by atoms with E-state index < -0.39 is 17.7 Å². The monoisotopic (exact) mass is 409 g/mol. The quantitative estimate of drug-likeness (QED) is 0.471. The standard InChI is InChI=1S/C23H23NO6/c25-21(14-8-9-16-18(13-14)30-12-11-29-16)19-20(17-7-4-10-28-17)24(23(27)22(19)26)15-5-2-1-3-6-15/h4,7-10,13,15,20,25H,1-3,5-6,11-12H2/b21-19-. The van der Waals surface area contributed by atoms with E-state index in [2.05, 4.69) is 0 Å². The number of carbonyl (C=O) groups excluding carboxylic acids is 2. The van der Waals surface area contributed by atoms with Crippen molar-refractivity contribution in [2.24, 2.45) is 0 Å². The summed E-state index contributed by atoms with van der Waals surface area (Å²) in [6.07, 6.45) is 6.35. The zero-order valence-corrected chi connectivity index (χ0v) is 16.5. The van der Waals surface area contributed by atoms with Crippen LogP contribution in [0.4, 0.5) is 0 Å². The van der Waals surface area contributed by atoms with Crippen molar-refractivity contribution >= 4 is 17.4 Å². The average molecular weight is 409 g/mol. The highest BCUT2D eigenvalue weighted by atomic mass is 16.6. The van der Waals surface area contributed by atoms with Gasteiger partial charge >= 0.3 is 0 Å². The number of ether oxygens (including phenoxy) is 2. The van der Waals surface area contributed by atoms with E-state index in [-0.39, 0.29) is 17.4 Å². The summed E-state index contributed by atoms with van der Waals surface area (Å²) in [6.45, 7) is 0.874. The summed E-state index contributed by atoms with van der Waals surface area (Å²) < 4.78 is 16.7. The third kappa shape index (κ3) is 3.05. The molecule has 2 fully saturated rings. The number of amides is 1. The summed E-state index contributed by atoms with van der Waals surface area (Å²) >= 11 is 0. The molecule has 1 atom stereocenters. The molecule has 2 aromatic rings. The zero-order valence-electron chi connectivity index (χ0n) is 16.5. The Morgan fingerprint density at radius 3 is 2.50 bits per heavy atom. The number of hydrogen-bond acceptors (Lipinski definition) is 6. The van der Waals surface area contributed by atoms with E-state index in [1.807, 2.05) is 0 Å². The van der Waals surface area contributed by atoms with Crippen LogP contribution in [0.5, 0.6) is 11.5 Å². The summed E-state index contributed by atoms with van der Waals surface area (Å²) in [6, 6.07) is 7.67. The maximum Gasteiger partial charge on any atom is 0.296 e. The Hall–Kier alpha value is -3.22. The van der Waals surface area contributed by atoms with Gasteiger partial charge in [0.2, 0.25) is 0 Å². The topological polar surface area (TPSA) is 89.2 Å². The van der Waals surface area contributed by atoms with Gasteiger partial charge in [0, 0.05) is 11.6 Å². The van der Waals surface area contributed by atoms with Gasteiger partial charge in [0.25, 0.3) is 11.7 Å². The molecule has 1 saturated carbocycles. The Bertz CT molecular complexity index is 1000. The highest BCUT2D eigenvalue weighted by Crippen LogP contribution is 2.44. The molecule has 0 spiro atoms. The van der Waals surface area contributed by atoms with Crippen molar-refractivity contribution in [3.05, 3.63) is 53.5 Å². The van der Waals surface area contributed by atoms with Gasteiger partial charge in [-0.3, -0.25) is 9.59 Å². The summed E-state index contributed by atoms with van der Waals surface area (Å²) in [5.41, 5.74) is 0.453. The van der Waals surface area contributed by atoms with Gasteiger partial charge in [0.15, 0.2) is 11.5 Å². The number of Topliss-reactive ketones (excluding diaryl/α,β-unsaturated/α-hetero) is 1. The molecule has 1 N–H and O–H groups in total. The molecule has 0 radical (unpaired) electrons. The lowest BCUT2D eigenvalue weighted by molar-refractivity contribution is -0.142. The van der Waals surface area contributed by atoms with Crippen LogP contribution in [0.25, 0.3) is 5.76 Å². The summed E-state index contributed by atoms with van der Waals surface area (Å²) in [7, 11) is 0. The second-order valence-electron chi connectivity index (χ2n) is 7.87. The Morgan fingerprint density at radius 1 is 1.00 bits per heavy atom. The number of aliphatic hydroxyl groups excluding tert-OH is 1. The number of fused-ring (bicyclic) bond motifs is 1. The molecule has 1 aliphatic carbocycles. The molecule has 1 amide bonds. The van der Waals surface area contributed by atoms with E-state index >= 15 is 0 Å². The predicted octanol–water partition coefficient (Wildman–Crippen LogP) is 3.81. The number of benzene rings is 1. The lowest BCUT2D eigenvalue weighted by atomic mass is 9.92. The lowest BCUT2D eigenvalue weighted by Crippen LogP contribution is -2.40. The van der Waals surface area contributed by atoms with E-state index in [9.17, 15) is 14.7 Å². The van der Waals surface area contributed by atoms with Crippen LogP contribution in [0.2, 0.25) is 0 Å². The minimum atomic E-state index is -0.740. The number of ketones is 1. The summed E-state index contributed by atoms with van der Waals surface area (Å²) in [5.74, 6) is 0.0602. The SMILES string of the molecule is O=C1C(=O)N(C2CCCCC2)C(c2ccco2)/C1=C(/O)c1ccc2c(c1)OCCO2. The Balaban J connectivity index is 1.61. The number of nitrogens with zero attached hydrogens (tertiary/aromatic N) is 1. The Labute approximate surface area is 173 Å². The molecule has 1 aromatic carbocycles. The van der Waals surface area contributed by atoms with Gasteiger partial charge in [-0.15, -0.1) is 0 Å². The lowest BCUT2D eigenvalue weighted by Gasteiger charge is -2.34. The first kappa shape index (κ1) is 18.8. The maximum atomic E-state index is 13.1. The third-order valence-corrected chi connectivity index (χ3v) is 6.08. The largest absolute Gasteiger partial charge is 0.507 e. The van der Waals surface area contributed by atoms with Crippen molar-refractivity contribution in [1.29, 1.82) is 0 Å². The number of furan rings is 1. The fraction of sp³-hybridized carbons (Fsp3) is 0.391. The van der Waals surface area contributed by atoms with Crippen LogP contribution in [-0.4, -0.2) is 41.0 Å². The van der Waals surface area contributed by atoms with Crippen molar-refractivity contribution in [3.63, 3.8) is 0 Å². The molecule has 30 heavy (non-hydrogen) atoms. The molecule has 156 valence electrons. The first-order chi connectivity index (χ1) is 14.6. The average Bonchev–Trinajstić information content (AvgIpc) is 3.40. The van der Waals surface area contributed by atoms with Gasteiger partial charge < -0.3 is 23.9 Å². The van der Waals surface area contributed by atoms with E-state index in [0.29, 0.717) is 36.0 Å². The number of hydrogen-bond donors (Lipinski definition) is 1. The molecule has 7 nitrogen and oxygen atoms in total. The number of carbonyl (C=O) groups is 2. The zero-order chi connectivity index (χ0) is 20.7. The smallest absolute Gasteiger partial charge is 0.296 e. The summed E-state index contributed by atoms with van der Waals surface area (Å²) in [5, 5.41) is 11.1. The predicted molar refractivity (Wildman–Crippen MR) is 107 cm³/mol. The van der Waals surface area contributed by atoms with E-state index in [1.54, 1.807) is 35.2 Å². The minimum Gasteiger partial charge on any atom is -0.507 e. The molecule has 1 aromatic heterocycles. The van der Waals surface area contributed by atoms with Crippen LogP contribution in [0.15, 0.2) is 46.6 Å². The third-order valence-electron chi connectivity index (χ3n) is 6.08. The van der Waals surface area contributed by atoms with Crippen molar-refractivity contribution in [2.45, 2.75) is 44.2 Å². The molecular weight excluding hydrogens is 386 g/mol. The Kier molecular flexibility index (Phi) is 4.73. The van der Waals surface area contributed by atoms with Crippen molar-refractivity contribution in [3.8, 4) is 11.5 Å². The van der Waals surface area contributed by atoms with Gasteiger partial charge in [-0.25, -0.2) is 0 Å². The van der Waals surface area contributed by atoms with E-state index in [4.69, 9.17) is 13.9 Å². The molecule has 0 bridgehead atoms. The molecule has 3 heterocycles. The number of aliphatic hydroxyl groups is 1. The molecule has 2 aliphatic heterocycles. The highest BCUT2D eigenvalue weighted by Gasteiger charge is 2.50. The van der Waals surface area contributed by atoms with Gasteiger partial charge in [-0.2, -0.15) is 0 Å². The highest BCUT2D eigenvalue weighted by molar-refractivity contribution is 6.46. The van der Waals surface area contributed by atoms with Gasteiger partial charge in [0.1, 0.15) is 30.8 Å².